The molecule has 72 valence electrons. The van der Waals surface area contributed by atoms with Crippen molar-refractivity contribution in [2.24, 2.45) is 0 Å². The van der Waals surface area contributed by atoms with Gasteiger partial charge in [-0.2, -0.15) is 4.31 Å². The summed E-state index contributed by atoms with van der Waals surface area (Å²) >= 11 is 1.29. The third-order valence-corrected chi connectivity index (χ3v) is 3.54. The first-order valence-corrected chi connectivity index (χ1v) is 6.68. The summed E-state index contributed by atoms with van der Waals surface area (Å²) in [5, 5.41) is 0. The van der Waals surface area contributed by atoms with Crippen LogP contribution in [0.2, 0.25) is 0 Å². The number of hydrogen-bond acceptors (Lipinski definition) is 4. The van der Waals surface area contributed by atoms with Gasteiger partial charge >= 0.3 is 0 Å². The Labute approximate surface area is 77.5 Å². The molecule has 0 aromatic rings. The molecule has 0 spiro atoms. The average molecular weight is 211 g/mol. The van der Waals surface area contributed by atoms with Crippen LogP contribution in [0.15, 0.2) is 0 Å². The molecule has 0 aromatic carbocycles. The van der Waals surface area contributed by atoms with Gasteiger partial charge in [-0.05, 0) is 18.5 Å². The maximum absolute atomic E-state index is 11.0. The standard InChI is InChI=1S/C6H13NO3S2/c1-11-10-6-3-4-7(5-6)12(2,8)9/h6H,3-5H2,1-2H3. The smallest absolute Gasteiger partial charge is 0.211 e. The summed E-state index contributed by atoms with van der Waals surface area (Å²) in [6.07, 6.45) is 3.93. The summed E-state index contributed by atoms with van der Waals surface area (Å²) in [7, 11) is -3.01. The maximum atomic E-state index is 11.0. The van der Waals surface area contributed by atoms with Crippen LogP contribution in [-0.4, -0.2) is 44.4 Å². The molecule has 0 radical (unpaired) electrons. The van der Waals surface area contributed by atoms with Crippen molar-refractivity contribution in [1.29, 1.82) is 0 Å². The van der Waals surface area contributed by atoms with E-state index in [1.165, 1.54) is 22.6 Å². The van der Waals surface area contributed by atoms with Crippen LogP contribution in [0.1, 0.15) is 6.42 Å². The van der Waals surface area contributed by atoms with Gasteiger partial charge in [-0.25, -0.2) is 8.42 Å². The van der Waals surface area contributed by atoms with Crippen molar-refractivity contribution in [3.63, 3.8) is 0 Å². The van der Waals surface area contributed by atoms with E-state index in [-0.39, 0.29) is 6.10 Å². The third-order valence-electron chi connectivity index (χ3n) is 1.81. The molecule has 1 saturated heterocycles. The van der Waals surface area contributed by atoms with E-state index in [9.17, 15) is 8.42 Å². The predicted octanol–water partition coefficient (Wildman–Crippen LogP) is 0.315. The van der Waals surface area contributed by atoms with Crippen LogP contribution < -0.4 is 0 Å². The quantitative estimate of drug-likeness (QED) is 0.631. The van der Waals surface area contributed by atoms with E-state index < -0.39 is 10.0 Å². The van der Waals surface area contributed by atoms with Crippen LogP contribution in [0.4, 0.5) is 0 Å². The largest absolute Gasteiger partial charge is 0.311 e. The van der Waals surface area contributed by atoms with E-state index in [4.69, 9.17) is 4.18 Å². The van der Waals surface area contributed by atoms with Gasteiger partial charge in [-0.3, -0.25) is 0 Å². The highest BCUT2D eigenvalue weighted by atomic mass is 32.2. The molecule has 1 fully saturated rings. The maximum Gasteiger partial charge on any atom is 0.211 e. The minimum Gasteiger partial charge on any atom is -0.311 e. The Hall–Kier alpha value is 0.220. The van der Waals surface area contributed by atoms with Gasteiger partial charge in [0.25, 0.3) is 0 Å². The zero-order chi connectivity index (χ0) is 9.19. The molecule has 1 rings (SSSR count). The van der Waals surface area contributed by atoms with Gasteiger partial charge < -0.3 is 4.18 Å². The Morgan fingerprint density at radius 2 is 2.25 bits per heavy atom. The van der Waals surface area contributed by atoms with Crippen molar-refractivity contribution in [2.75, 3.05) is 25.6 Å². The average Bonchev–Trinajstić information content (AvgIpc) is 2.35. The number of rotatable bonds is 3. The minimum absolute atomic E-state index is 0.0646. The lowest BCUT2D eigenvalue weighted by Crippen LogP contribution is -2.28. The molecule has 1 atom stereocenters. The van der Waals surface area contributed by atoms with Crippen molar-refractivity contribution in [1.82, 2.24) is 4.31 Å². The fraction of sp³-hybridized carbons (Fsp3) is 1.00. The molecule has 0 saturated carbocycles. The second-order valence-corrected chi connectivity index (χ2v) is 5.30. The van der Waals surface area contributed by atoms with E-state index in [1.807, 2.05) is 6.26 Å². The molecule has 0 amide bonds. The molecule has 0 aliphatic carbocycles. The van der Waals surface area contributed by atoms with Crippen LogP contribution in [0.3, 0.4) is 0 Å². The third kappa shape index (κ3) is 2.62. The first-order chi connectivity index (χ1) is 5.54. The van der Waals surface area contributed by atoms with Gasteiger partial charge in [-0.1, -0.05) is 0 Å². The minimum atomic E-state index is -3.01. The summed E-state index contributed by atoms with van der Waals surface area (Å²) in [6, 6.07) is 0. The number of hydrogen-bond donors (Lipinski definition) is 0. The molecule has 0 bridgehead atoms. The Morgan fingerprint density at radius 1 is 1.58 bits per heavy atom. The Bertz CT molecular complexity index is 239. The fourth-order valence-corrected chi connectivity index (χ4v) is 2.52. The molecule has 1 aliphatic heterocycles. The first-order valence-electron chi connectivity index (χ1n) is 3.68. The molecule has 1 aliphatic rings. The summed E-state index contributed by atoms with van der Waals surface area (Å²) in [6.45, 7) is 1.09. The van der Waals surface area contributed by atoms with Crippen LogP contribution in [0.5, 0.6) is 0 Å². The van der Waals surface area contributed by atoms with Gasteiger partial charge in [0.1, 0.15) is 0 Å². The molecule has 6 heteroatoms. The van der Waals surface area contributed by atoms with Crippen LogP contribution in [0.25, 0.3) is 0 Å². The molecule has 1 unspecified atom stereocenters. The van der Waals surface area contributed by atoms with Crippen LogP contribution in [-0.2, 0) is 14.2 Å². The van der Waals surface area contributed by atoms with E-state index in [1.54, 1.807) is 0 Å². The fourth-order valence-electron chi connectivity index (χ4n) is 1.21. The number of nitrogens with zero attached hydrogens (tertiary/aromatic N) is 1. The number of sulfonamides is 1. The second-order valence-electron chi connectivity index (χ2n) is 2.79. The zero-order valence-electron chi connectivity index (χ0n) is 7.19. The molecular weight excluding hydrogens is 198 g/mol. The lowest BCUT2D eigenvalue weighted by atomic mass is 10.3. The highest BCUT2D eigenvalue weighted by molar-refractivity contribution is 7.93. The zero-order valence-corrected chi connectivity index (χ0v) is 8.82. The van der Waals surface area contributed by atoms with Gasteiger partial charge in [0.05, 0.1) is 12.4 Å². The van der Waals surface area contributed by atoms with E-state index >= 15 is 0 Å². The van der Waals surface area contributed by atoms with Crippen molar-refractivity contribution >= 4 is 22.1 Å². The van der Waals surface area contributed by atoms with E-state index in [0.717, 1.165) is 6.42 Å². The normalized spacial score (nSPS) is 26.3. The molecule has 12 heavy (non-hydrogen) atoms. The van der Waals surface area contributed by atoms with Gasteiger partial charge in [0.15, 0.2) is 0 Å². The molecule has 0 N–H and O–H groups in total. The van der Waals surface area contributed by atoms with Gasteiger partial charge in [0, 0.05) is 19.3 Å². The summed E-state index contributed by atoms with van der Waals surface area (Å²) in [5.74, 6) is 0. The topological polar surface area (TPSA) is 46.6 Å². The van der Waals surface area contributed by atoms with E-state index in [0.29, 0.717) is 13.1 Å². The summed E-state index contributed by atoms with van der Waals surface area (Å²) < 4.78 is 28.8. The van der Waals surface area contributed by atoms with E-state index in [2.05, 4.69) is 0 Å². The lowest BCUT2D eigenvalue weighted by molar-refractivity contribution is 0.258. The summed E-state index contributed by atoms with van der Waals surface area (Å²) in [5.41, 5.74) is 0. The Balaban J connectivity index is 2.46. The van der Waals surface area contributed by atoms with Crippen LogP contribution >= 0.6 is 12.0 Å². The monoisotopic (exact) mass is 211 g/mol. The van der Waals surface area contributed by atoms with Gasteiger partial charge in [-0.15, -0.1) is 0 Å². The second kappa shape index (κ2) is 3.95. The van der Waals surface area contributed by atoms with Crippen molar-refractivity contribution in [2.45, 2.75) is 12.5 Å². The van der Waals surface area contributed by atoms with Crippen molar-refractivity contribution in [3.8, 4) is 0 Å². The predicted molar refractivity (Wildman–Crippen MR) is 49.4 cm³/mol. The molecule has 4 nitrogen and oxygen atoms in total. The van der Waals surface area contributed by atoms with Crippen molar-refractivity contribution in [3.05, 3.63) is 0 Å². The van der Waals surface area contributed by atoms with Crippen LogP contribution in [0, 0.1) is 0 Å². The highest BCUT2D eigenvalue weighted by Gasteiger charge is 2.28. The van der Waals surface area contributed by atoms with Crippen molar-refractivity contribution < 1.29 is 12.6 Å². The van der Waals surface area contributed by atoms with Gasteiger partial charge in [0.2, 0.25) is 10.0 Å². The lowest BCUT2D eigenvalue weighted by Gasteiger charge is -2.12. The Morgan fingerprint density at radius 3 is 2.67 bits per heavy atom. The first kappa shape index (κ1) is 10.3. The highest BCUT2D eigenvalue weighted by Crippen LogP contribution is 2.18. The SMILES string of the molecule is CSOC1CCN(S(C)(=O)=O)C1. The molecule has 0 aromatic heterocycles. The Kier molecular flexibility index (Phi) is 3.39. The molecular formula is C6H13NO3S2. The summed E-state index contributed by atoms with van der Waals surface area (Å²) in [4.78, 5) is 0. The molecule has 1 heterocycles.